The van der Waals surface area contributed by atoms with Crippen LogP contribution in [0.25, 0.3) is 0 Å². The molecular formula is C15H29NO. The summed E-state index contributed by atoms with van der Waals surface area (Å²) >= 11 is 0. The molecule has 1 aliphatic heterocycles. The zero-order valence-electron chi connectivity index (χ0n) is 11.8. The van der Waals surface area contributed by atoms with Gasteiger partial charge in [-0.1, -0.05) is 20.8 Å². The maximum absolute atomic E-state index is 5.46. The van der Waals surface area contributed by atoms with Crippen molar-refractivity contribution in [1.29, 1.82) is 0 Å². The molecule has 1 heterocycles. The quantitative estimate of drug-likeness (QED) is 0.816. The molecule has 1 saturated carbocycles. The summed E-state index contributed by atoms with van der Waals surface area (Å²) in [7, 11) is 0. The minimum Gasteiger partial charge on any atom is -0.381 e. The molecule has 2 aliphatic rings. The Hall–Kier alpha value is -0.0800. The molecule has 0 spiro atoms. The lowest BCUT2D eigenvalue weighted by Gasteiger charge is -2.38. The van der Waals surface area contributed by atoms with Crippen LogP contribution in [0.3, 0.4) is 0 Å². The molecule has 1 N–H and O–H groups in total. The van der Waals surface area contributed by atoms with Crippen LogP contribution >= 0.6 is 0 Å². The Labute approximate surface area is 107 Å². The average molecular weight is 239 g/mol. The number of nitrogens with one attached hydrogen (secondary N) is 1. The molecule has 2 nitrogen and oxygen atoms in total. The molecule has 3 atom stereocenters. The molecule has 0 radical (unpaired) electrons. The SMILES string of the molecule is CC1CCC(NCC2(C)CCOCC2)C(C)C1. The van der Waals surface area contributed by atoms with Gasteiger partial charge in [-0.15, -0.1) is 0 Å². The number of hydrogen-bond acceptors (Lipinski definition) is 2. The number of ether oxygens (including phenoxy) is 1. The lowest BCUT2D eigenvalue weighted by molar-refractivity contribution is 0.0209. The molecule has 0 amide bonds. The second kappa shape index (κ2) is 5.71. The van der Waals surface area contributed by atoms with Crippen molar-refractivity contribution in [2.75, 3.05) is 19.8 Å². The van der Waals surface area contributed by atoms with E-state index in [2.05, 4.69) is 26.1 Å². The van der Waals surface area contributed by atoms with Crippen LogP contribution in [0.5, 0.6) is 0 Å². The van der Waals surface area contributed by atoms with E-state index in [-0.39, 0.29) is 0 Å². The van der Waals surface area contributed by atoms with E-state index < -0.39 is 0 Å². The maximum atomic E-state index is 5.46. The highest BCUT2D eigenvalue weighted by atomic mass is 16.5. The van der Waals surface area contributed by atoms with Crippen LogP contribution in [0, 0.1) is 17.3 Å². The molecule has 1 aliphatic carbocycles. The van der Waals surface area contributed by atoms with E-state index in [1.807, 2.05) is 0 Å². The molecule has 0 aromatic heterocycles. The van der Waals surface area contributed by atoms with Crippen LogP contribution in [-0.4, -0.2) is 25.8 Å². The number of rotatable bonds is 3. The van der Waals surface area contributed by atoms with E-state index in [4.69, 9.17) is 4.74 Å². The third kappa shape index (κ3) is 3.69. The van der Waals surface area contributed by atoms with Crippen LogP contribution in [0.4, 0.5) is 0 Å². The Morgan fingerprint density at radius 1 is 1.18 bits per heavy atom. The summed E-state index contributed by atoms with van der Waals surface area (Å²) < 4.78 is 5.46. The fourth-order valence-corrected chi connectivity index (χ4v) is 3.39. The van der Waals surface area contributed by atoms with Gasteiger partial charge in [0.15, 0.2) is 0 Å². The number of hydrogen-bond donors (Lipinski definition) is 1. The van der Waals surface area contributed by atoms with Gasteiger partial charge in [-0.25, -0.2) is 0 Å². The van der Waals surface area contributed by atoms with Gasteiger partial charge >= 0.3 is 0 Å². The summed E-state index contributed by atoms with van der Waals surface area (Å²) in [6.45, 7) is 10.3. The minimum atomic E-state index is 0.473. The fraction of sp³-hybridized carbons (Fsp3) is 1.00. The highest BCUT2D eigenvalue weighted by Crippen LogP contribution is 2.32. The molecule has 3 unspecified atom stereocenters. The Balaban J connectivity index is 1.77. The third-order valence-electron chi connectivity index (χ3n) is 4.92. The predicted molar refractivity (Wildman–Crippen MR) is 72.1 cm³/mol. The van der Waals surface area contributed by atoms with Gasteiger partial charge in [-0.3, -0.25) is 0 Å². The van der Waals surface area contributed by atoms with Crippen LogP contribution in [0.1, 0.15) is 52.9 Å². The minimum absolute atomic E-state index is 0.473. The standard InChI is InChI=1S/C15H29NO/c1-12-4-5-14(13(2)10-12)16-11-15(3)6-8-17-9-7-15/h12-14,16H,4-11H2,1-3H3. The summed E-state index contributed by atoms with van der Waals surface area (Å²) in [5.74, 6) is 1.78. The molecular weight excluding hydrogens is 210 g/mol. The van der Waals surface area contributed by atoms with Gasteiger partial charge in [-0.2, -0.15) is 0 Å². The normalized spacial score (nSPS) is 37.9. The second-order valence-corrected chi connectivity index (χ2v) is 6.81. The summed E-state index contributed by atoms with van der Waals surface area (Å²) in [6, 6.07) is 0.755. The van der Waals surface area contributed by atoms with Crippen molar-refractivity contribution >= 4 is 0 Å². The lowest BCUT2D eigenvalue weighted by atomic mass is 9.78. The van der Waals surface area contributed by atoms with E-state index in [0.29, 0.717) is 5.41 Å². The van der Waals surface area contributed by atoms with Crippen molar-refractivity contribution in [3.63, 3.8) is 0 Å². The largest absolute Gasteiger partial charge is 0.381 e. The summed E-state index contributed by atoms with van der Waals surface area (Å²) in [4.78, 5) is 0. The highest BCUT2D eigenvalue weighted by molar-refractivity contribution is 4.85. The van der Waals surface area contributed by atoms with Crippen molar-refractivity contribution in [1.82, 2.24) is 5.32 Å². The Kier molecular flexibility index (Phi) is 4.48. The van der Waals surface area contributed by atoms with Crippen molar-refractivity contribution in [2.45, 2.75) is 58.9 Å². The summed E-state index contributed by atoms with van der Waals surface area (Å²) in [5, 5.41) is 3.85. The molecule has 0 aromatic rings. The van der Waals surface area contributed by atoms with E-state index >= 15 is 0 Å². The maximum Gasteiger partial charge on any atom is 0.0471 e. The van der Waals surface area contributed by atoms with Gasteiger partial charge in [0.25, 0.3) is 0 Å². The van der Waals surface area contributed by atoms with Gasteiger partial charge in [0.1, 0.15) is 0 Å². The highest BCUT2D eigenvalue weighted by Gasteiger charge is 2.30. The third-order valence-corrected chi connectivity index (χ3v) is 4.92. The Bertz CT molecular complexity index is 235. The van der Waals surface area contributed by atoms with E-state index in [0.717, 1.165) is 31.1 Å². The summed E-state index contributed by atoms with van der Waals surface area (Å²) in [5.41, 5.74) is 0.473. The monoisotopic (exact) mass is 239 g/mol. The zero-order chi connectivity index (χ0) is 12.3. The average Bonchev–Trinajstić information content (AvgIpc) is 2.29. The summed E-state index contributed by atoms with van der Waals surface area (Å²) in [6.07, 6.45) is 6.61. The fourth-order valence-electron chi connectivity index (χ4n) is 3.39. The van der Waals surface area contributed by atoms with Gasteiger partial charge in [0, 0.05) is 25.8 Å². The molecule has 1 saturated heterocycles. The van der Waals surface area contributed by atoms with Gasteiger partial charge in [0.05, 0.1) is 0 Å². The van der Waals surface area contributed by atoms with Crippen molar-refractivity contribution < 1.29 is 4.74 Å². The molecule has 2 rings (SSSR count). The van der Waals surface area contributed by atoms with Gasteiger partial charge in [-0.05, 0) is 49.4 Å². The molecule has 17 heavy (non-hydrogen) atoms. The smallest absolute Gasteiger partial charge is 0.0471 e. The lowest BCUT2D eigenvalue weighted by Crippen LogP contribution is -2.45. The van der Waals surface area contributed by atoms with Crippen molar-refractivity contribution in [2.24, 2.45) is 17.3 Å². The zero-order valence-corrected chi connectivity index (χ0v) is 11.8. The second-order valence-electron chi connectivity index (χ2n) is 6.81. The first-order chi connectivity index (χ1) is 8.09. The molecule has 100 valence electrons. The first-order valence-corrected chi connectivity index (χ1v) is 7.40. The van der Waals surface area contributed by atoms with Crippen LogP contribution in [0.15, 0.2) is 0 Å². The van der Waals surface area contributed by atoms with Crippen LogP contribution in [0.2, 0.25) is 0 Å². The molecule has 0 aromatic carbocycles. The van der Waals surface area contributed by atoms with Gasteiger partial charge in [0.2, 0.25) is 0 Å². The van der Waals surface area contributed by atoms with E-state index in [9.17, 15) is 0 Å². The van der Waals surface area contributed by atoms with Crippen molar-refractivity contribution in [3.05, 3.63) is 0 Å². The van der Waals surface area contributed by atoms with Crippen LogP contribution < -0.4 is 5.32 Å². The topological polar surface area (TPSA) is 21.3 Å². The molecule has 0 bridgehead atoms. The Morgan fingerprint density at radius 2 is 1.88 bits per heavy atom. The Morgan fingerprint density at radius 3 is 2.53 bits per heavy atom. The van der Waals surface area contributed by atoms with Gasteiger partial charge < -0.3 is 10.1 Å². The first kappa shape index (κ1) is 13.4. The van der Waals surface area contributed by atoms with Crippen LogP contribution in [-0.2, 0) is 4.74 Å². The predicted octanol–water partition coefficient (Wildman–Crippen LogP) is 3.22. The van der Waals surface area contributed by atoms with E-state index in [1.54, 1.807) is 0 Å². The molecule has 2 heteroatoms. The molecule has 2 fully saturated rings. The van der Waals surface area contributed by atoms with E-state index in [1.165, 1.54) is 38.6 Å². The van der Waals surface area contributed by atoms with Crippen molar-refractivity contribution in [3.8, 4) is 0 Å². The first-order valence-electron chi connectivity index (χ1n) is 7.40.